The van der Waals surface area contributed by atoms with Crippen molar-refractivity contribution >= 4 is 37.4 Å². The van der Waals surface area contributed by atoms with Crippen molar-refractivity contribution in [3.8, 4) is 11.1 Å². The molecule has 0 radical (unpaired) electrons. The number of sulfonamides is 1. The third-order valence-corrected chi connectivity index (χ3v) is 10.5. The number of fused-ring (bicyclic) bond motifs is 1. The van der Waals surface area contributed by atoms with E-state index in [-0.39, 0.29) is 17.2 Å². The van der Waals surface area contributed by atoms with Crippen molar-refractivity contribution in [1.82, 2.24) is 4.31 Å². The highest BCUT2D eigenvalue weighted by atomic mass is 32.2. The molecule has 0 aliphatic carbocycles. The van der Waals surface area contributed by atoms with Crippen LogP contribution in [0.5, 0.6) is 0 Å². The lowest BCUT2D eigenvalue weighted by atomic mass is 9.83. The van der Waals surface area contributed by atoms with Gasteiger partial charge in [-0.1, -0.05) is 66.7 Å². The monoisotopic (exact) mass is 627 g/mol. The number of furan rings is 1. The number of rotatable bonds is 9. The maximum absolute atomic E-state index is 14.1. The Morgan fingerprint density at radius 3 is 2.26 bits per heavy atom. The van der Waals surface area contributed by atoms with Crippen LogP contribution in [0.25, 0.3) is 21.2 Å². The molecular formula is C32H28F3NO5S2. The van der Waals surface area contributed by atoms with Crippen LogP contribution in [0.1, 0.15) is 41.4 Å². The van der Waals surface area contributed by atoms with Crippen LogP contribution in [0.4, 0.5) is 13.2 Å². The fourth-order valence-corrected chi connectivity index (χ4v) is 7.98. The topological polar surface area (TPSA) is 87.8 Å². The summed E-state index contributed by atoms with van der Waals surface area (Å²) in [7, 11) is -4.18. The molecule has 224 valence electrons. The number of alkyl halides is 3. The first-order valence-corrected chi connectivity index (χ1v) is 15.5. The molecule has 0 aliphatic heterocycles. The van der Waals surface area contributed by atoms with Crippen molar-refractivity contribution in [2.24, 2.45) is 0 Å². The van der Waals surface area contributed by atoms with E-state index in [1.807, 2.05) is 18.2 Å². The number of carbonyl (C=O) groups is 1. The number of aryl methyl sites for hydroxylation is 1. The van der Waals surface area contributed by atoms with Gasteiger partial charge in [-0.25, -0.2) is 8.42 Å². The van der Waals surface area contributed by atoms with Gasteiger partial charge in [0.15, 0.2) is 0 Å². The standard InChI is InChI=1S/C32H28F3NO5S2/c1-20-29(26-9-4-5-10-27(26)42-20)43(39,40)36(19-25-15-16-28(41-25)32(33,34)35)18-21-11-13-22(14-12-21)23-7-6-8-24(17-23)31(2,3)30(37)38/h4-17H,18-19H2,1-3H3,(H,37,38). The Labute approximate surface area is 251 Å². The Hall–Kier alpha value is -3.93. The minimum atomic E-state index is -4.70. The Morgan fingerprint density at radius 2 is 1.60 bits per heavy atom. The Balaban J connectivity index is 1.50. The second-order valence-corrected chi connectivity index (χ2v) is 13.9. The van der Waals surface area contributed by atoms with E-state index in [0.717, 1.165) is 32.3 Å². The predicted octanol–water partition coefficient (Wildman–Crippen LogP) is 8.24. The molecule has 2 aromatic heterocycles. The molecule has 1 N–H and O–H groups in total. The Morgan fingerprint density at radius 1 is 0.907 bits per heavy atom. The number of benzene rings is 3. The highest BCUT2D eigenvalue weighted by Gasteiger charge is 2.36. The molecule has 43 heavy (non-hydrogen) atoms. The summed E-state index contributed by atoms with van der Waals surface area (Å²) in [6, 6.07) is 23.3. The van der Waals surface area contributed by atoms with E-state index >= 15 is 0 Å². The number of nitrogens with zero attached hydrogens (tertiary/aromatic N) is 1. The molecule has 0 unspecified atom stereocenters. The summed E-state index contributed by atoms with van der Waals surface area (Å²) in [5.74, 6) is -2.29. The van der Waals surface area contributed by atoms with Crippen LogP contribution < -0.4 is 0 Å². The smallest absolute Gasteiger partial charge is 0.449 e. The molecule has 11 heteroatoms. The van der Waals surface area contributed by atoms with Crippen molar-refractivity contribution in [2.75, 3.05) is 0 Å². The molecule has 5 rings (SSSR count). The molecular weight excluding hydrogens is 599 g/mol. The van der Waals surface area contributed by atoms with Gasteiger partial charge in [0.1, 0.15) is 10.7 Å². The fraction of sp³-hybridized carbons (Fsp3) is 0.219. The van der Waals surface area contributed by atoms with E-state index in [1.165, 1.54) is 11.3 Å². The highest BCUT2D eigenvalue weighted by molar-refractivity contribution is 7.89. The first kappa shape index (κ1) is 30.5. The van der Waals surface area contributed by atoms with Crippen LogP contribution in [-0.4, -0.2) is 23.8 Å². The van der Waals surface area contributed by atoms with Crippen LogP contribution in [0, 0.1) is 6.92 Å². The zero-order valence-corrected chi connectivity index (χ0v) is 25.1. The minimum absolute atomic E-state index is 0.116. The van der Waals surface area contributed by atoms with Gasteiger partial charge in [0, 0.05) is 21.5 Å². The molecule has 5 aromatic rings. The van der Waals surface area contributed by atoms with Crippen LogP contribution >= 0.6 is 11.3 Å². The summed E-state index contributed by atoms with van der Waals surface area (Å²) in [4.78, 5) is 12.4. The molecule has 6 nitrogen and oxygen atoms in total. The first-order chi connectivity index (χ1) is 20.2. The van der Waals surface area contributed by atoms with Crippen molar-refractivity contribution < 1.29 is 35.9 Å². The molecule has 0 bridgehead atoms. The maximum atomic E-state index is 14.1. The second kappa shape index (κ2) is 11.3. The SMILES string of the molecule is Cc1sc2ccccc2c1S(=O)(=O)N(Cc1ccc(-c2cccc(C(C)(C)C(=O)O)c2)cc1)Cc1ccc(C(F)(F)F)o1. The average molecular weight is 628 g/mol. The number of hydrogen-bond acceptors (Lipinski definition) is 5. The lowest BCUT2D eigenvalue weighted by Gasteiger charge is -2.22. The summed E-state index contributed by atoms with van der Waals surface area (Å²) >= 11 is 1.33. The van der Waals surface area contributed by atoms with Gasteiger partial charge >= 0.3 is 12.1 Å². The molecule has 3 aromatic carbocycles. The van der Waals surface area contributed by atoms with Gasteiger partial charge in [0.2, 0.25) is 15.8 Å². The van der Waals surface area contributed by atoms with E-state index in [9.17, 15) is 31.5 Å². The molecule has 0 aliphatic rings. The van der Waals surface area contributed by atoms with Crippen molar-refractivity contribution in [3.05, 3.63) is 112 Å². The van der Waals surface area contributed by atoms with Gasteiger partial charge in [-0.15, -0.1) is 11.3 Å². The zero-order valence-electron chi connectivity index (χ0n) is 23.5. The first-order valence-electron chi connectivity index (χ1n) is 13.3. The number of halogens is 3. The number of aliphatic carboxylic acids is 1. The quantitative estimate of drug-likeness (QED) is 0.178. The van der Waals surface area contributed by atoms with Gasteiger partial charge in [0.05, 0.1) is 12.0 Å². The van der Waals surface area contributed by atoms with Gasteiger partial charge in [-0.05, 0) is 61.2 Å². The normalized spacial score (nSPS) is 12.7. The zero-order chi connectivity index (χ0) is 31.2. The summed E-state index contributed by atoms with van der Waals surface area (Å²) in [6.45, 7) is 4.43. The summed E-state index contributed by atoms with van der Waals surface area (Å²) in [5, 5.41) is 10.2. The third kappa shape index (κ3) is 6.11. The summed E-state index contributed by atoms with van der Waals surface area (Å²) in [5.41, 5.74) is 1.73. The number of carboxylic acids is 1. The molecule has 0 atom stereocenters. The summed E-state index contributed by atoms with van der Waals surface area (Å²) < 4.78 is 74.9. The molecule has 0 amide bonds. The predicted molar refractivity (Wildman–Crippen MR) is 159 cm³/mol. The molecule has 0 saturated carbocycles. The number of carboxylic acid groups (broad SMARTS) is 1. The Bertz CT molecular complexity index is 1910. The molecule has 2 heterocycles. The highest BCUT2D eigenvalue weighted by Crippen LogP contribution is 2.38. The van der Waals surface area contributed by atoms with Gasteiger partial charge < -0.3 is 9.52 Å². The lowest BCUT2D eigenvalue weighted by molar-refractivity contribution is -0.153. The molecule has 0 fully saturated rings. The molecule has 0 spiro atoms. The van der Waals surface area contributed by atoms with Crippen LogP contribution in [-0.2, 0) is 39.5 Å². The average Bonchev–Trinajstić information content (AvgIpc) is 3.57. The van der Waals surface area contributed by atoms with Crippen molar-refractivity contribution in [1.29, 1.82) is 0 Å². The second-order valence-electron chi connectivity index (χ2n) is 10.7. The third-order valence-electron chi connectivity index (χ3n) is 7.35. The van der Waals surface area contributed by atoms with E-state index < -0.39 is 39.9 Å². The maximum Gasteiger partial charge on any atom is 0.449 e. The Kier molecular flexibility index (Phi) is 8.02. The molecule has 0 saturated heterocycles. The van der Waals surface area contributed by atoms with Crippen LogP contribution in [0.15, 0.2) is 94.2 Å². The van der Waals surface area contributed by atoms with Crippen molar-refractivity contribution in [3.63, 3.8) is 0 Å². The minimum Gasteiger partial charge on any atom is -0.481 e. The van der Waals surface area contributed by atoms with E-state index in [1.54, 1.807) is 75.4 Å². The number of thiophene rings is 1. The lowest BCUT2D eigenvalue weighted by Crippen LogP contribution is -2.30. The van der Waals surface area contributed by atoms with Crippen LogP contribution in [0.2, 0.25) is 0 Å². The number of hydrogen-bond donors (Lipinski definition) is 1. The van der Waals surface area contributed by atoms with E-state index in [2.05, 4.69) is 0 Å². The van der Waals surface area contributed by atoms with Gasteiger partial charge in [-0.3, -0.25) is 4.79 Å². The largest absolute Gasteiger partial charge is 0.481 e. The van der Waals surface area contributed by atoms with Crippen LogP contribution in [0.3, 0.4) is 0 Å². The van der Waals surface area contributed by atoms with Gasteiger partial charge in [0.25, 0.3) is 0 Å². The summed E-state index contributed by atoms with van der Waals surface area (Å²) in [6.07, 6.45) is -4.70. The van der Waals surface area contributed by atoms with E-state index in [4.69, 9.17) is 4.42 Å². The fourth-order valence-electron chi connectivity index (χ4n) is 4.83. The van der Waals surface area contributed by atoms with Crippen molar-refractivity contribution in [2.45, 2.75) is 50.3 Å². The van der Waals surface area contributed by atoms with E-state index in [0.29, 0.717) is 21.4 Å². The van der Waals surface area contributed by atoms with Gasteiger partial charge in [-0.2, -0.15) is 17.5 Å².